The molecule has 92 valence electrons. The van der Waals surface area contributed by atoms with Crippen molar-refractivity contribution in [3.05, 3.63) is 23.8 Å². The molecule has 0 radical (unpaired) electrons. The van der Waals surface area contributed by atoms with E-state index in [0.717, 1.165) is 5.56 Å². The highest BCUT2D eigenvalue weighted by Gasteiger charge is 2.31. The van der Waals surface area contributed by atoms with Crippen molar-refractivity contribution < 1.29 is 25.1 Å². The summed E-state index contributed by atoms with van der Waals surface area (Å²) in [5.41, 5.74) is 0.872. The first-order chi connectivity index (χ1) is 8.11. The molecule has 1 aliphatic rings. The number of rotatable bonds is 3. The van der Waals surface area contributed by atoms with E-state index in [1.807, 2.05) is 6.07 Å². The Hall–Kier alpha value is -1.40. The molecular weight excluding hydrogens is 242 g/mol. The minimum absolute atomic E-state index is 0.0188. The second kappa shape index (κ2) is 4.85. The summed E-state index contributed by atoms with van der Waals surface area (Å²) in [6, 6.07) is 4.58. The molecule has 0 aliphatic carbocycles. The fourth-order valence-electron chi connectivity index (χ4n) is 1.77. The van der Waals surface area contributed by atoms with Gasteiger partial charge in [0.15, 0.2) is 16.9 Å². The molecule has 2 rings (SSSR count). The third-order valence-electron chi connectivity index (χ3n) is 2.70. The van der Waals surface area contributed by atoms with Crippen LogP contribution in [-0.2, 0) is 4.79 Å². The number of hydrogen-bond donors (Lipinski definition) is 2. The predicted octanol–water partition coefficient (Wildman–Crippen LogP) is -1.17. The number of quaternary nitrogens is 1. The van der Waals surface area contributed by atoms with Gasteiger partial charge < -0.3 is 25.1 Å². The molecule has 5 nitrogen and oxygen atoms in total. The van der Waals surface area contributed by atoms with Crippen LogP contribution in [0.5, 0.6) is 11.5 Å². The molecule has 0 spiro atoms. The topological polar surface area (TPSA) is 86.2 Å². The highest BCUT2D eigenvalue weighted by Crippen LogP contribution is 2.33. The van der Waals surface area contributed by atoms with Gasteiger partial charge in [-0.2, -0.15) is 0 Å². The first-order valence-electron chi connectivity index (χ1n) is 5.16. The van der Waals surface area contributed by atoms with Crippen LogP contribution in [0, 0.1) is 0 Å². The molecule has 1 aromatic carbocycles. The second-order valence-corrected chi connectivity index (χ2v) is 4.98. The molecule has 0 unspecified atom stereocenters. The van der Waals surface area contributed by atoms with E-state index < -0.39 is 12.0 Å². The van der Waals surface area contributed by atoms with E-state index in [9.17, 15) is 15.0 Å². The monoisotopic (exact) mass is 255 g/mol. The maximum Gasteiger partial charge on any atom is 0.160 e. The minimum atomic E-state index is -1.04. The molecule has 1 aromatic rings. The summed E-state index contributed by atoms with van der Waals surface area (Å²) in [5.74, 6) is -0.0541. The maximum absolute atomic E-state index is 10.7. The summed E-state index contributed by atoms with van der Waals surface area (Å²) in [5, 5.41) is 22.1. The number of aliphatic carboxylic acids is 1. The number of thioether (sulfide) groups is 1. The zero-order valence-electron chi connectivity index (χ0n) is 9.25. The van der Waals surface area contributed by atoms with Gasteiger partial charge in [-0.25, -0.2) is 0 Å². The molecule has 3 N–H and O–H groups in total. The number of nitrogens with two attached hydrogens (primary N) is 1. The summed E-state index contributed by atoms with van der Waals surface area (Å²) >= 11 is 1.53. The van der Waals surface area contributed by atoms with Gasteiger partial charge in [0.1, 0.15) is 12.0 Å². The number of ether oxygens (including phenoxy) is 1. The van der Waals surface area contributed by atoms with Crippen molar-refractivity contribution in [3.8, 4) is 11.5 Å². The van der Waals surface area contributed by atoms with E-state index in [4.69, 9.17) is 4.74 Å². The standard InChI is InChI=1S/C11H13NO4S/c1-16-9-3-2-6(4-8(9)13)10-12-7(5-17-10)11(14)15/h2-4,7,10,12-13H,5H2,1H3,(H,14,15)/t7-,10-/m1/s1. The van der Waals surface area contributed by atoms with E-state index in [0.29, 0.717) is 11.5 Å². The fraction of sp³-hybridized carbons (Fsp3) is 0.364. The smallest absolute Gasteiger partial charge is 0.160 e. The summed E-state index contributed by atoms with van der Waals surface area (Å²) < 4.78 is 4.95. The lowest BCUT2D eigenvalue weighted by Gasteiger charge is -2.12. The van der Waals surface area contributed by atoms with Gasteiger partial charge >= 0.3 is 0 Å². The number of phenolic OH excluding ortho intramolecular Hbond substituents is 1. The van der Waals surface area contributed by atoms with Crippen LogP contribution in [0.15, 0.2) is 18.2 Å². The summed E-state index contributed by atoms with van der Waals surface area (Å²) in [7, 11) is 1.48. The van der Waals surface area contributed by atoms with Crippen molar-refractivity contribution in [2.75, 3.05) is 12.9 Å². The van der Waals surface area contributed by atoms with Gasteiger partial charge in [0.05, 0.1) is 12.9 Å². The van der Waals surface area contributed by atoms with Crippen LogP contribution in [0.25, 0.3) is 0 Å². The average molecular weight is 255 g/mol. The molecule has 6 heteroatoms. The first kappa shape index (κ1) is 12.1. The largest absolute Gasteiger partial charge is 0.544 e. The van der Waals surface area contributed by atoms with Crippen LogP contribution in [0.3, 0.4) is 0 Å². The molecule has 2 atom stereocenters. The highest BCUT2D eigenvalue weighted by molar-refractivity contribution is 7.99. The number of carboxylic acid groups (broad SMARTS) is 1. The Kier molecular flexibility index (Phi) is 3.44. The lowest BCUT2D eigenvalue weighted by molar-refractivity contribution is -0.690. The second-order valence-electron chi connectivity index (χ2n) is 3.80. The molecule has 1 saturated heterocycles. The summed E-state index contributed by atoms with van der Waals surface area (Å²) in [6.07, 6.45) is 0. The van der Waals surface area contributed by atoms with Crippen molar-refractivity contribution >= 4 is 17.7 Å². The zero-order chi connectivity index (χ0) is 12.4. The summed E-state index contributed by atoms with van der Waals surface area (Å²) in [4.78, 5) is 10.7. The van der Waals surface area contributed by atoms with Crippen molar-refractivity contribution in [2.45, 2.75) is 11.4 Å². The minimum Gasteiger partial charge on any atom is -0.544 e. The third-order valence-corrected chi connectivity index (χ3v) is 4.04. The maximum atomic E-state index is 10.7. The lowest BCUT2D eigenvalue weighted by atomic mass is 10.2. The number of carbonyl (C=O) groups is 1. The van der Waals surface area contributed by atoms with E-state index in [1.54, 1.807) is 17.4 Å². The van der Waals surface area contributed by atoms with Gasteiger partial charge in [0, 0.05) is 5.56 Å². The van der Waals surface area contributed by atoms with Gasteiger partial charge in [-0.3, -0.25) is 0 Å². The third kappa shape index (κ3) is 2.48. The number of hydrogen-bond acceptors (Lipinski definition) is 5. The van der Waals surface area contributed by atoms with Gasteiger partial charge in [0.25, 0.3) is 0 Å². The molecule has 1 heterocycles. The number of phenols is 1. The molecular formula is C11H13NO4S. The number of benzene rings is 1. The van der Waals surface area contributed by atoms with Gasteiger partial charge in [-0.1, -0.05) is 11.8 Å². The van der Waals surface area contributed by atoms with Crippen LogP contribution in [0.4, 0.5) is 0 Å². The Morgan fingerprint density at radius 1 is 1.65 bits per heavy atom. The SMILES string of the molecule is COc1ccc([C@@H]2[NH2+][C@@H](C(=O)[O-])CS2)cc1O. The molecule has 0 aromatic heterocycles. The van der Waals surface area contributed by atoms with Gasteiger partial charge in [-0.05, 0) is 18.2 Å². The van der Waals surface area contributed by atoms with Crippen LogP contribution in [0.1, 0.15) is 10.9 Å². The Morgan fingerprint density at radius 2 is 2.41 bits per heavy atom. The zero-order valence-corrected chi connectivity index (χ0v) is 10.1. The summed E-state index contributed by atoms with van der Waals surface area (Å²) in [6.45, 7) is 0. The van der Waals surface area contributed by atoms with E-state index in [2.05, 4.69) is 0 Å². The highest BCUT2D eigenvalue weighted by atomic mass is 32.2. The molecule has 0 amide bonds. The molecule has 1 fully saturated rings. The number of methoxy groups -OCH3 is 1. The van der Waals surface area contributed by atoms with Crippen molar-refractivity contribution in [2.24, 2.45) is 0 Å². The van der Waals surface area contributed by atoms with Crippen LogP contribution in [0.2, 0.25) is 0 Å². The Bertz CT molecular complexity index is 437. The average Bonchev–Trinajstić information content (AvgIpc) is 2.78. The Labute approximate surface area is 103 Å². The van der Waals surface area contributed by atoms with Crippen LogP contribution < -0.4 is 15.2 Å². The van der Waals surface area contributed by atoms with Crippen LogP contribution in [-0.4, -0.2) is 30.0 Å². The molecule has 17 heavy (non-hydrogen) atoms. The Balaban J connectivity index is 2.14. The van der Waals surface area contributed by atoms with Crippen LogP contribution >= 0.6 is 11.8 Å². The normalized spacial score (nSPS) is 23.6. The number of aromatic hydroxyl groups is 1. The van der Waals surface area contributed by atoms with Crippen molar-refractivity contribution in [1.29, 1.82) is 0 Å². The van der Waals surface area contributed by atoms with Gasteiger partial charge in [-0.15, -0.1) is 0 Å². The molecule has 0 saturated carbocycles. The predicted molar refractivity (Wildman–Crippen MR) is 60.6 cm³/mol. The van der Waals surface area contributed by atoms with Crippen molar-refractivity contribution in [1.82, 2.24) is 0 Å². The first-order valence-corrected chi connectivity index (χ1v) is 6.21. The lowest BCUT2D eigenvalue weighted by Crippen LogP contribution is -2.90. The van der Waals surface area contributed by atoms with Crippen molar-refractivity contribution in [3.63, 3.8) is 0 Å². The number of carbonyl (C=O) groups excluding carboxylic acids is 1. The number of carboxylic acids is 1. The quantitative estimate of drug-likeness (QED) is 0.710. The van der Waals surface area contributed by atoms with Gasteiger partial charge in [0.2, 0.25) is 0 Å². The molecule has 0 bridgehead atoms. The Morgan fingerprint density at radius 3 is 2.94 bits per heavy atom. The van der Waals surface area contributed by atoms with E-state index in [1.165, 1.54) is 18.9 Å². The fourth-order valence-corrected chi connectivity index (χ4v) is 3.07. The van der Waals surface area contributed by atoms with E-state index in [-0.39, 0.29) is 11.1 Å². The molecule has 1 aliphatic heterocycles. The van der Waals surface area contributed by atoms with E-state index >= 15 is 0 Å².